The van der Waals surface area contributed by atoms with Crippen molar-refractivity contribution >= 4 is 0 Å². The molecule has 1 aromatic carbocycles. The number of aliphatic hydroxyl groups excluding tert-OH is 1. The quantitative estimate of drug-likeness (QED) is 0.733. The lowest BCUT2D eigenvalue weighted by Gasteiger charge is -2.18. The van der Waals surface area contributed by atoms with Crippen LogP contribution in [0.4, 0.5) is 0 Å². The first-order chi connectivity index (χ1) is 7.24. The lowest BCUT2D eigenvalue weighted by Crippen LogP contribution is -2.39. The van der Waals surface area contributed by atoms with E-state index >= 15 is 0 Å². The summed E-state index contributed by atoms with van der Waals surface area (Å²) in [4.78, 5) is 0. The van der Waals surface area contributed by atoms with Gasteiger partial charge < -0.3 is 15.6 Å². The van der Waals surface area contributed by atoms with Crippen LogP contribution in [-0.2, 0) is 11.2 Å². The van der Waals surface area contributed by atoms with Crippen molar-refractivity contribution in [1.29, 1.82) is 0 Å². The van der Waals surface area contributed by atoms with Crippen LogP contribution in [0.1, 0.15) is 12.5 Å². The van der Waals surface area contributed by atoms with E-state index in [1.54, 1.807) is 0 Å². The molecule has 2 unspecified atom stereocenters. The van der Waals surface area contributed by atoms with Gasteiger partial charge in [-0.3, -0.25) is 0 Å². The minimum atomic E-state index is -0.592. The van der Waals surface area contributed by atoms with Gasteiger partial charge in [0.15, 0.2) is 0 Å². The highest BCUT2D eigenvalue weighted by molar-refractivity contribution is 5.16. The first kappa shape index (κ1) is 12.2. The Morgan fingerprint density at radius 2 is 2.00 bits per heavy atom. The summed E-state index contributed by atoms with van der Waals surface area (Å²) in [7, 11) is 0. The maximum Gasteiger partial charge on any atom is 0.0927 e. The van der Waals surface area contributed by atoms with Crippen molar-refractivity contribution < 1.29 is 9.84 Å². The van der Waals surface area contributed by atoms with Gasteiger partial charge in [-0.2, -0.15) is 0 Å². The highest BCUT2D eigenvalue weighted by Crippen LogP contribution is 2.04. The van der Waals surface area contributed by atoms with Crippen LogP contribution < -0.4 is 5.73 Å². The normalized spacial score (nSPS) is 14.9. The Labute approximate surface area is 90.9 Å². The summed E-state index contributed by atoms with van der Waals surface area (Å²) in [5.41, 5.74) is 7.00. The van der Waals surface area contributed by atoms with Crippen molar-refractivity contribution in [3.8, 4) is 0 Å². The molecule has 15 heavy (non-hydrogen) atoms. The zero-order valence-electron chi connectivity index (χ0n) is 9.10. The molecule has 2 atom stereocenters. The van der Waals surface area contributed by atoms with Gasteiger partial charge >= 0.3 is 0 Å². The van der Waals surface area contributed by atoms with Crippen LogP contribution >= 0.6 is 0 Å². The molecule has 0 radical (unpaired) electrons. The number of nitrogens with two attached hydrogens (primary N) is 1. The topological polar surface area (TPSA) is 55.5 Å². The fourth-order valence-corrected chi connectivity index (χ4v) is 1.38. The average Bonchev–Trinajstić information content (AvgIpc) is 2.27. The molecule has 0 saturated carbocycles. The van der Waals surface area contributed by atoms with Crippen LogP contribution in [-0.4, -0.2) is 30.5 Å². The van der Waals surface area contributed by atoms with E-state index in [0.29, 0.717) is 19.6 Å². The Kier molecular flexibility index (Phi) is 5.32. The molecule has 1 rings (SSSR count). The molecule has 0 aliphatic heterocycles. The number of aliphatic hydroxyl groups is 1. The lowest BCUT2D eigenvalue weighted by atomic mass is 10.0. The fraction of sp³-hybridized carbons (Fsp3) is 0.500. The Bertz CT molecular complexity index is 264. The summed E-state index contributed by atoms with van der Waals surface area (Å²) >= 11 is 0. The number of hydrogen-bond donors (Lipinski definition) is 2. The van der Waals surface area contributed by atoms with Gasteiger partial charge in [-0.15, -0.1) is 0 Å². The molecule has 3 nitrogen and oxygen atoms in total. The molecule has 0 amide bonds. The summed E-state index contributed by atoms with van der Waals surface area (Å²) < 4.78 is 5.12. The summed E-state index contributed by atoms with van der Waals surface area (Å²) in [6, 6.07) is 9.65. The molecule has 84 valence electrons. The van der Waals surface area contributed by atoms with E-state index in [0.717, 1.165) is 5.56 Å². The molecule has 3 N–H and O–H groups in total. The van der Waals surface area contributed by atoms with Crippen LogP contribution in [0, 0.1) is 0 Å². The molecule has 0 heterocycles. The van der Waals surface area contributed by atoms with Gasteiger partial charge in [0.25, 0.3) is 0 Å². The summed E-state index contributed by atoms with van der Waals surface area (Å²) in [5, 5.41) is 9.66. The Morgan fingerprint density at radius 1 is 1.33 bits per heavy atom. The zero-order valence-corrected chi connectivity index (χ0v) is 9.10. The van der Waals surface area contributed by atoms with E-state index in [9.17, 15) is 5.11 Å². The smallest absolute Gasteiger partial charge is 0.0927 e. The van der Waals surface area contributed by atoms with Crippen molar-refractivity contribution in [3.63, 3.8) is 0 Å². The van der Waals surface area contributed by atoms with Gasteiger partial charge in [0, 0.05) is 12.6 Å². The molecule has 0 spiro atoms. The van der Waals surface area contributed by atoms with Crippen molar-refractivity contribution in [1.82, 2.24) is 0 Å². The average molecular weight is 209 g/mol. The predicted octanol–water partition coefficient (Wildman–Crippen LogP) is 0.954. The third kappa shape index (κ3) is 4.42. The van der Waals surface area contributed by atoms with Crippen molar-refractivity contribution in [2.24, 2.45) is 5.73 Å². The Morgan fingerprint density at radius 3 is 2.60 bits per heavy atom. The summed E-state index contributed by atoms with van der Waals surface area (Å²) in [6.45, 7) is 2.81. The van der Waals surface area contributed by atoms with E-state index in [-0.39, 0.29) is 6.04 Å². The second-order valence-electron chi connectivity index (χ2n) is 3.58. The molecule has 0 aromatic heterocycles. The first-order valence-electron chi connectivity index (χ1n) is 5.29. The van der Waals surface area contributed by atoms with Crippen LogP contribution in [0.3, 0.4) is 0 Å². The third-order valence-corrected chi connectivity index (χ3v) is 2.30. The van der Waals surface area contributed by atoms with Crippen molar-refractivity contribution in [3.05, 3.63) is 35.9 Å². The largest absolute Gasteiger partial charge is 0.389 e. The van der Waals surface area contributed by atoms with Crippen LogP contribution in [0.15, 0.2) is 30.3 Å². The second kappa shape index (κ2) is 6.56. The number of benzene rings is 1. The second-order valence-corrected chi connectivity index (χ2v) is 3.58. The van der Waals surface area contributed by atoms with Gasteiger partial charge in [0.05, 0.1) is 12.7 Å². The van der Waals surface area contributed by atoms with E-state index in [1.807, 2.05) is 37.3 Å². The predicted molar refractivity (Wildman–Crippen MR) is 60.6 cm³/mol. The van der Waals surface area contributed by atoms with Crippen LogP contribution in [0.25, 0.3) is 0 Å². The molecule has 0 bridgehead atoms. The monoisotopic (exact) mass is 209 g/mol. The maximum absolute atomic E-state index is 9.66. The Balaban J connectivity index is 2.38. The molecular weight excluding hydrogens is 190 g/mol. The number of hydrogen-bond acceptors (Lipinski definition) is 3. The molecule has 1 aromatic rings. The lowest BCUT2D eigenvalue weighted by molar-refractivity contribution is 0.0287. The Hall–Kier alpha value is -0.900. The minimum Gasteiger partial charge on any atom is -0.389 e. The SMILES string of the molecule is CCOCC(O)C(N)Cc1ccccc1. The van der Waals surface area contributed by atoms with E-state index in [1.165, 1.54) is 0 Å². The van der Waals surface area contributed by atoms with E-state index in [4.69, 9.17) is 10.5 Å². The summed E-state index contributed by atoms with van der Waals surface area (Å²) in [6.07, 6.45) is 0.0832. The van der Waals surface area contributed by atoms with Crippen LogP contribution in [0.2, 0.25) is 0 Å². The zero-order chi connectivity index (χ0) is 11.1. The van der Waals surface area contributed by atoms with Crippen molar-refractivity contribution in [2.45, 2.75) is 25.5 Å². The molecule has 0 fully saturated rings. The van der Waals surface area contributed by atoms with Gasteiger partial charge in [0.2, 0.25) is 0 Å². The van der Waals surface area contributed by atoms with Gasteiger partial charge in [-0.05, 0) is 18.9 Å². The van der Waals surface area contributed by atoms with E-state index in [2.05, 4.69) is 0 Å². The van der Waals surface area contributed by atoms with Crippen molar-refractivity contribution in [2.75, 3.05) is 13.2 Å². The molecule has 3 heteroatoms. The fourth-order valence-electron chi connectivity index (χ4n) is 1.38. The number of ether oxygens (including phenoxy) is 1. The molecule has 0 aliphatic rings. The molecule has 0 aliphatic carbocycles. The highest BCUT2D eigenvalue weighted by Gasteiger charge is 2.14. The summed E-state index contributed by atoms with van der Waals surface area (Å²) in [5.74, 6) is 0. The van der Waals surface area contributed by atoms with E-state index < -0.39 is 6.10 Å². The number of rotatable bonds is 6. The standard InChI is InChI=1S/C12H19NO2/c1-2-15-9-12(14)11(13)8-10-6-4-3-5-7-10/h3-7,11-12,14H,2,8-9,13H2,1H3. The van der Waals surface area contributed by atoms with Gasteiger partial charge in [0.1, 0.15) is 0 Å². The van der Waals surface area contributed by atoms with Crippen LogP contribution in [0.5, 0.6) is 0 Å². The van der Waals surface area contributed by atoms with Gasteiger partial charge in [-0.25, -0.2) is 0 Å². The maximum atomic E-state index is 9.66. The minimum absolute atomic E-state index is 0.265. The highest BCUT2D eigenvalue weighted by atomic mass is 16.5. The first-order valence-corrected chi connectivity index (χ1v) is 5.29. The molecular formula is C12H19NO2. The van der Waals surface area contributed by atoms with Gasteiger partial charge in [-0.1, -0.05) is 30.3 Å². The molecule has 0 saturated heterocycles. The third-order valence-electron chi connectivity index (χ3n) is 2.30.